The lowest BCUT2D eigenvalue weighted by atomic mass is 10.1. The molecule has 0 radical (unpaired) electrons. The number of carbonyl (C=O) groups is 2. The molecule has 1 aromatic heterocycles. The predicted molar refractivity (Wildman–Crippen MR) is 91.9 cm³/mol. The zero-order valence-electron chi connectivity index (χ0n) is 14.6. The van der Waals surface area contributed by atoms with Crippen LogP contribution >= 0.6 is 0 Å². The summed E-state index contributed by atoms with van der Waals surface area (Å²) in [5.41, 5.74) is -0.189. The number of nitrogens with zero attached hydrogens (tertiary/aromatic N) is 3. The van der Waals surface area contributed by atoms with Crippen molar-refractivity contribution in [2.24, 2.45) is 7.05 Å². The molecule has 0 saturated carbocycles. The van der Waals surface area contributed by atoms with Gasteiger partial charge in [-0.2, -0.15) is 5.10 Å². The summed E-state index contributed by atoms with van der Waals surface area (Å²) in [6.07, 6.45) is 2.96. The molecule has 0 atom stereocenters. The lowest BCUT2D eigenvalue weighted by molar-refractivity contribution is 0.101. The van der Waals surface area contributed by atoms with Gasteiger partial charge in [0, 0.05) is 44.0 Å². The molecular weight excluding hydrogens is 363 g/mol. The summed E-state index contributed by atoms with van der Waals surface area (Å²) in [5, 5.41) is 8.94. The molecule has 1 aliphatic rings. The molecule has 0 bridgehead atoms. The number of urea groups is 1. The number of nitrogens with one attached hydrogen (secondary N) is 2. The highest BCUT2D eigenvalue weighted by Crippen LogP contribution is 2.19. The molecule has 7 nitrogen and oxygen atoms in total. The van der Waals surface area contributed by atoms with E-state index in [1.54, 1.807) is 4.90 Å². The summed E-state index contributed by atoms with van der Waals surface area (Å²) >= 11 is 0. The second-order valence-corrected chi connectivity index (χ2v) is 6.22. The molecular formula is C17H18F3N5O2. The van der Waals surface area contributed by atoms with Crippen LogP contribution in [0.2, 0.25) is 0 Å². The van der Waals surface area contributed by atoms with Crippen molar-refractivity contribution in [1.82, 2.24) is 14.7 Å². The zero-order valence-corrected chi connectivity index (χ0v) is 14.6. The van der Waals surface area contributed by atoms with E-state index < -0.39 is 23.4 Å². The van der Waals surface area contributed by atoms with Gasteiger partial charge in [0.05, 0.1) is 0 Å². The smallest absolute Gasteiger partial charge is 0.323 e. The van der Waals surface area contributed by atoms with Gasteiger partial charge < -0.3 is 10.2 Å². The average Bonchev–Trinajstić information content (AvgIpc) is 3.00. The Bertz CT molecular complexity index is 854. The summed E-state index contributed by atoms with van der Waals surface area (Å²) in [4.78, 5) is 26.2. The first-order valence-electron chi connectivity index (χ1n) is 8.41. The molecule has 0 aliphatic carbocycles. The van der Waals surface area contributed by atoms with E-state index in [1.807, 2.05) is 0 Å². The Labute approximate surface area is 153 Å². The SMILES string of the molecule is Cn1nc(NC(=O)N2CCCCC2)cc1C(=O)Nc1cc(F)c(F)c(F)c1. The van der Waals surface area contributed by atoms with Crippen LogP contribution in [0.25, 0.3) is 0 Å². The maximum absolute atomic E-state index is 13.3. The number of aromatic nitrogens is 2. The molecule has 0 spiro atoms. The molecule has 2 heterocycles. The Morgan fingerprint density at radius 1 is 1.00 bits per heavy atom. The number of halogens is 3. The monoisotopic (exact) mass is 381 g/mol. The Kier molecular flexibility index (Phi) is 5.33. The van der Waals surface area contributed by atoms with E-state index in [4.69, 9.17) is 0 Å². The number of benzene rings is 1. The molecule has 10 heteroatoms. The minimum atomic E-state index is -1.61. The molecule has 144 valence electrons. The fourth-order valence-electron chi connectivity index (χ4n) is 2.85. The van der Waals surface area contributed by atoms with Crippen molar-refractivity contribution in [1.29, 1.82) is 0 Å². The van der Waals surface area contributed by atoms with Crippen molar-refractivity contribution in [3.8, 4) is 0 Å². The first kappa shape index (κ1) is 18.7. The quantitative estimate of drug-likeness (QED) is 0.802. The maximum atomic E-state index is 13.3. The van der Waals surface area contributed by atoms with Gasteiger partial charge in [0.15, 0.2) is 23.3 Å². The molecule has 1 saturated heterocycles. The van der Waals surface area contributed by atoms with E-state index >= 15 is 0 Å². The van der Waals surface area contributed by atoms with Crippen molar-refractivity contribution in [2.45, 2.75) is 19.3 Å². The predicted octanol–water partition coefficient (Wildman–Crippen LogP) is 3.11. The van der Waals surface area contributed by atoms with Crippen LogP contribution in [-0.2, 0) is 7.05 Å². The van der Waals surface area contributed by atoms with Crippen molar-refractivity contribution in [3.05, 3.63) is 41.3 Å². The molecule has 1 aliphatic heterocycles. The Morgan fingerprint density at radius 3 is 2.26 bits per heavy atom. The van der Waals surface area contributed by atoms with Crippen molar-refractivity contribution in [3.63, 3.8) is 0 Å². The third-order valence-corrected chi connectivity index (χ3v) is 4.23. The fraction of sp³-hybridized carbons (Fsp3) is 0.353. The Hall–Kier alpha value is -3.04. The van der Waals surface area contributed by atoms with Gasteiger partial charge in [0.1, 0.15) is 5.69 Å². The lowest BCUT2D eigenvalue weighted by Gasteiger charge is -2.26. The van der Waals surface area contributed by atoms with E-state index in [2.05, 4.69) is 15.7 Å². The van der Waals surface area contributed by atoms with Gasteiger partial charge in [-0.3, -0.25) is 14.8 Å². The van der Waals surface area contributed by atoms with Gasteiger partial charge in [-0.25, -0.2) is 18.0 Å². The van der Waals surface area contributed by atoms with Crippen LogP contribution < -0.4 is 10.6 Å². The zero-order chi connectivity index (χ0) is 19.6. The lowest BCUT2D eigenvalue weighted by Crippen LogP contribution is -2.38. The Balaban J connectivity index is 1.70. The number of anilines is 2. The van der Waals surface area contributed by atoms with E-state index in [1.165, 1.54) is 17.8 Å². The molecule has 1 aromatic carbocycles. The first-order valence-corrected chi connectivity index (χ1v) is 8.41. The molecule has 27 heavy (non-hydrogen) atoms. The van der Waals surface area contributed by atoms with E-state index in [-0.39, 0.29) is 23.2 Å². The van der Waals surface area contributed by atoms with Crippen molar-refractivity contribution in [2.75, 3.05) is 23.7 Å². The van der Waals surface area contributed by atoms with Crippen LogP contribution in [0.5, 0.6) is 0 Å². The summed E-state index contributed by atoms with van der Waals surface area (Å²) < 4.78 is 40.7. The molecule has 2 aromatic rings. The molecule has 3 amide bonds. The largest absolute Gasteiger partial charge is 0.325 e. The molecule has 3 rings (SSSR count). The number of rotatable bonds is 3. The number of hydrogen-bond donors (Lipinski definition) is 2. The molecule has 1 fully saturated rings. The summed E-state index contributed by atoms with van der Waals surface area (Å²) in [6, 6.07) is 2.38. The van der Waals surface area contributed by atoms with Crippen LogP contribution in [0.4, 0.5) is 29.5 Å². The maximum Gasteiger partial charge on any atom is 0.323 e. The van der Waals surface area contributed by atoms with E-state index in [0.29, 0.717) is 25.2 Å². The van der Waals surface area contributed by atoms with Gasteiger partial charge >= 0.3 is 6.03 Å². The van der Waals surface area contributed by atoms with Crippen LogP contribution in [-0.4, -0.2) is 39.7 Å². The number of likely N-dealkylation sites (tertiary alicyclic amines) is 1. The van der Waals surface area contributed by atoms with E-state index in [9.17, 15) is 22.8 Å². The van der Waals surface area contributed by atoms with Crippen LogP contribution in [0.1, 0.15) is 29.8 Å². The third-order valence-electron chi connectivity index (χ3n) is 4.23. The van der Waals surface area contributed by atoms with Gasteiger partial charge in [0.25, 0.3) is 5.91 Å². The minimum absolute atomic E-state index is 0.0501. The highest BCUT2D eigenvalue weighted by Gasteiger charge is 2.20. The fourth-order valence-corrected chi connectivity index (χ4v) is 2.85. The topological polar surface area (TPSA) is 79.3 Å². The van der Waals surface area contributed by atoms with Gasteiger partial charge in [-0.15, -0.1) is 0 Å². The van der Waals surface area contributed by atoms with Gasteiger partial charge in [0.2, 0.25) is 0 Å². The number of carbonyl (C=O) groups excluding carboxylic acids is 2. The number of piperidine rings is 1. The van der Waals surface area contributed by atoms with Gasteiger partial charge in [-0.1, -0.05) is 0 Å². The second-order valence-electron chi connectivity index (χ2n) is 6.22. The third kappa shape index (κ3) is 4.21. The van der Waals surface area contributed by atoms with Crippen LogP contribution in [0.3, 0.4) is 0 Å². The highest BCUT2D eigenvalue weighted by atomic mass is 19.2. The van der Waals surface area contributed by atoms with Crippen molar-refractivity contribution < 1.29 is 22.8 Å². The normalized spacial score (nSPS) is 14.1. The van der Waals surface area contributed by atoms with E-state index in [0.717, 1.165) is 19.3 Å². The Morgan fingerprint density at radius 2 is 1.63 bits per heavy atom. The highest BCUT2D eigenvalue weighted by molar-refractivity contribution is 6.04. The first-order chi connectivity index (χ1) is 12.8. The summed E-state index contributed by atoms with van der Waals surface area (Å²) in [6.45, 7) is 1.32. The minimum Gasteiger partial charge on any atom is -0.325 e. The number of hydrogen-bond acceptors (Lipinski definition) is 3. The average molecular weight is 381 g/mol. The molecule has 2 N–H and O–H groups in total. The summed E-state index contributed by atoms with van der Waals surface area (Å²) in [7, 11) is 1.48. The van der Waals surface area contributed by atoms with Crippen LogP contribution in [0.15, 0.2) is 18.2 Å². The standard InChI is InChI=1S/C17H18F3N5O2/c1-24-13(16(26)21-10-7-11(18)15(20)12(19)8-10)9-14(23-24)22-17(27)25-5-3-2-4-6-25/h7-9H,2-6H2,1H3,(H,21,26)(H,22,23,27). The van der Waals surface area contributed by atoms with Crippen molar-refractivity contribution >= 4 is 23.4 Å². The van der Waals surface area contributed by atoms with Crippen LogP contribution in [0, 0.1) is 17.5 Å². The second kappa shape index (κ2) is 7.68. The van der Waals surface area contributed by atoms with Gasteiger partial charge in [-0.05, 0) is 19.3 Å². The number of amides is 3. The summed E-state index contributed by atoms with van der Waals surface area (Å²) in [5.74, 6) is -4.98. The number of aryl methyl sites for hydroxylation is 1. The molecule has 0 unspecified atom stereocenters.